The van der Waals surface area contributed by atoms with Crippen LogP contribution in [0, 0.1) is 0 Å². The Hall–Kier alpha value is -2.53. The van der Waals surface area contributed by atoms with Crippen molar-refractivity contribution in [1.82, 2.24) is 0 Å². The fraction of sp³-hybridized carbons (Fsp3) is 0.125. The predicted molar refractivity (Wildman–Crippen MR) is 81.0 cm³/mol. The van der Waals surface area contributed by atoms with Crippen molar-refractivity contribution >= 4 is 23.9 Å². The molecule has 0 aliphatic carbocycles. The van der Waals surface area contributed by atoms with E-state index in [1.807, 2.05) is 0 Å². The number of hydrogen-bond acceptors (Lipinski definition) is 5. The summed E-state index contributed by atoms with van der Waals surface area (Å²) in [6.07, 6.45) is 0.583. The van der Waals surface area contributed by atoms with Crippen molar-refractivity contribution in [3.63, 3.8) is 0 Å². The van der Waals surface area contributed by atoms with Crippen molar-refractivity contribution in [3.8, 4) is 17.2 Å². The molecule has 2 rings (SSSR count). The maximum atomic E-state index is 11.9. The fourth-order valence-corrected chi connectivity index (χ4v) is 1.93. The van der Waals surface area contributed by atoms with Crippen molar-refractivity contribution < 1.29 is 23.8 Å². The molecule has 0 fully saturated rings. The Balaban J connectivity index is 2.07. The summed E-state index contributed by atoms with van der Waals surface area (Å²) in [5.74, 6) is 0.0488. The Labute approximate surface area is 132 Å². The first-order valence-electron chi connectivity index (χ1n) is 6.36. The lowest BCUT2D eigenvalue weighted by molar-refractivity contribution is -0.136. The van der Waals surface area contributed by atoms with Gasteiger partial charge in [0.2, 0.25) is 0 Å². The number of rotatable bonds is 6. The van der Waals surface area contributed by atoms with E-state index in [-0.39, 0.29) is 23.7 Å². The summed E-state index contributed by atoms with van der Waals surface area (Å²) in [5.41, 5.74) is 0.213. The quantitative estimate of drug-likeness (QED) is 0.465. The molecule has 0 aliphatic rings. The SMILES string of the molecule is COc1cccc(C=O)c1OC(=O)COc1ccccc1Cl. The van der Waals surface area contributed by atoms with E-state index in [4.69, 9.17) is 25.8 Å². The second-order valence-corrected chi connectivity index (χ2v) is 4.60. The normalized spacial score (nSPS) is 9.91. The van der Waals surface area contributed by atoms with E-state index in [9.17, 15) is 9.59 Å². The van der Waals surface area contributed by atoms with E-state index >= 15 is 0 Å². The maximum Gasteiger partial charge on any atom is 0.349 e. The number of aldehydes is 1. The van der Waals surface area contributed by atoms with Gasteiger partial charge in [-0.05, 0) is 24.3 Å². The topological polar surface area (TPSA) is 61.8 Å². The molecule has 0 heterocycles. The zero-order chi connectivity index (χ0) is 15.9. The zero-order valence-electron chi connectivity index (χ0n) is 11.7. The molecule has 22 heavy (non-hydrogen) atoms. The number of para-hydroxylation sites is 2. The summed E-state index contributed by atoms with van der Waals surface area (Å²) >= 11 is 5.92. The summed E-state index contributed by atoms with van der Waals surface area (Å²) in [6.45, 7) is -0.347. The number of halogens is 1. The standard InChI is InChI=1S/C16H13ClO5/c1-20-14-8-4-5-11(9-18)16(14)22-15(19)10-21-13-7-3-2-6-12(13)17/h2-9H,10H2,1H3. The minimum Gasteiger partial charge on any atom is -0.493 e. The molecule has 0 amide bonds. The van der Waals surface area contributed by atoms with Gasteiger partial charge in [-0.1, -0.05) is 29.8 Å². The Kier molecular flexibility index (Phi) is 5.38. The van der Waals surface area contributed by atoms with E-state index in [1.165, 1.54) is 13.2 Å². The van der Waals surface area contributed by atoms with Gasteiger partial charge in [0.25, 0.3) is 0 Å². The monoisotopic (exact) mass is 320 g/mol. The minimum atomic E-state index is -0.674. The molecule has 2 aromatic rings. The first-order chi connectivity index (χ1) is 10.7. The van der Waals surface area contributed by atoms with Gasteiger partial charge in [-0.3, -0.25) is 4.79 Å². The summed E-state index contributed by atoms with van der Waals surface area (Å²) in [5, 5.41) is 0.390. The Bertz CT molecular complexity index is 684. The van der Waals surface area contributed by atoms with Crippen molar-refractivity contribution in [2.75, 3.05) is 13.7 Å². The number of ether oxygens (including phenoxy) is 3. The second-order valence-electron chi connectivity index (χ2n) is 4.19. The largest absolute Gasteiger partial charge is 0.493 e. The Morgan fingerprint density at radius 1 is 1.14 bits per heavy atom. The van der Waals surface area contributed by atoms with Crippen LogP contribution < -0.4 is 14.2 Å². The van der Waals surface area contributed by atoms with Crippen molar-refractivity contribution in [2.45, 2.75) is 0 Å². The first kappa shape index (κ1) is 15.9. The molecular weight excluding hydrogens is 308 g/mol. The van der Waals surface area contributed by atoms with Crippen molar-refractivity contribution in [2.24, 2.45) is 0 Å². The summed E-state index contributed by atoms with van der Waals surface area (Å²) in [7, 11) is 1.42. The molecule has 0 saturated heterocycles. The second kappa shape index (κ2) is 7.47. The highest BCUT2D eigenvalue weighted by Gasteiger charge is 2.15. The number of hydrogen-bond donors (Lipinski definition) is 0. The molecule has 6 heteroatoms. The molecule has 0 radical (unpaired) electrons. The van der Waals surface area contributed by atoms with Crippen molar-refractivity contribution in [3.05, 3.63) is 53.1 Å². The molecule has 0 aliphatic heterocycles. The van der Waals surface area contributed by atoms with Crippen molar-refractivity contribution in [1.29, 1.82) is 0 Å². The molecule has 0 atom stereocenters. The number of benzene rings is 2. The van der Waals surface area contributed by atoms with Crippen LogP contribution in [-0.4, -0.2) is 26.0 Å². The van der Waals surface area contributed by atoms with Crippen LogP contribution in [0.2, 0.25) is 5.02 Å². The van der Waals surface area contributed by atoms with Gasteiger partial charge in [0.15, 0.2) is 24.4 Å². The number of methoxy groups -OCH3 is 1. The summed E-state index contributed by atoms with van der Waals surface area (Å²) in [6, 6.07) is 11.5. The third-order valence-electron chi connectivity index (χ3n) is 2.75. The van der Waals surface area contributed by atoms with E-state index in [2.05, 4.69) is 0 Å². The number of carbonyl (C=O) groups is 2. The van der Waals surface area contributed by atoms with Crippen LogP contribution in [0.4, 0.5) is 0 Å². The molecule has 0 bridgehead atoms. The van der Waals surface area contributed by atoms with Crippen LogP contribution in [0.5, 0.6) is 17.2 Å². The lowest BCUT2D eigenvalue weighted by Crippen LogP contribution is -2.18. The molecule has 2 aromatic carbocycles. The lowest BCUT2D eigenvalue weighted by Gasteiger charge is -2.12. The molecule has 5 nitrogen and oxygen atoms in total. The van der Waals surface area contributed by atoms with E-state index in [1.54, 1.807) is 36.4 Å². The lowest BCUT2D eigenvalue weighted by atomic mass is 10.2. The molecular formula is C16H13ClO5. The van der Waals surface area contributed by atoms with Gasteiger partial charge in [0.05, 0.1) is 17.7 Å². The van der Waals surface area contributed by atoms with Crippen LogP contribution in [0.1, 0.15) is 10.4 Å². The predicted octanol–water partition coefficient (Wildman–Crippen LogP) is 3.15. The van der Waals surface area contributed by atoms with Crippen LogP contribution in [-0.2, 0) is 4.79 Å². The number of carbonyl (C=O) groups excluding carboxylic acids is 2. The maximum absolute atomic E-state index is 11.9. The van der Waals surface area contributed by atoms with Crippen LogP contribution in [0.15, 0.2) is 42.5 Å². The van der Waals surface area contributed by atoms with E-state index in [0.29, 0.717) is 17.1 Å². The van der Waals surface area contributed by atoms with Gasteiger partial charge in [0.1, 0.15) is 5.75 Å². The third-order valence-corrected chi connectivity index (χ3v) is 3.07. The molecule has 0 saturated carbocycles. The molecule has 0 spiro atoms. The summed E-state index contributed by atoms with van der Waals surface area (Å²) < 4.78 is 15.5. The molecule has 0 aromatic heterocycles. The fourth-order valence-electron chi connectivity index (χ4n) is 1.74. The first-order valence-corrected chi connectivity index (χ1v) is 6.73. The van der Waals surface area contributed by atoms with Gasteiger partial charge in [-0.15, -0.1) is 0 Å². The average Bonchev–Trinajstić information content (AvgIpc) is 2.54. The Morgan fingerprint density at radius 3 is 2.55 bits per heavy atom. The van der Waals surface area contributed by atoms with Crippen LogP contribution >= 0.6 is 11.6 Å². The minimum absolute atomic E-state index is 0.0627. The average molecular weight is 321 g/mol. The highest BCUT2D eigenvalue weighted by molar-refractivity contribution is 6.32. The van der Waals surface area contributed by atoms with E-state index in [0.717, 1.165) is 0 Å². The van der Waals surface area contributed by atoms with Gasteiger partial charge < -0.3 is 14.2 Å². The Morgan fingerprint density at radius 2 is 1.86 bits per heavy atom. The number of esters is 1. The van der Waals surface area contributed by atoms with Crippen LogP contribution in [0.3, 0.4) is 0 Å². The summed E-state index contributed by atoms with van der Waals surface area (Å²) in [4.78, 5) is 22.9. The molecule has 0 N–H and O–H groups in total. The van der Waals surface area contributed by atoms with E-state index < -0.39 is 5.97 Å². The zero-order valence-corrected chi connectivity index (χ0v) is 12.5. The van der Waals surface area contributed by atoms with Crippen LogP contribution in [0.25, 0.3) is 0 Å². The third kappa shape index (κ3) is 3.77. The van der Waals surface area contributed by atoms with Gasteiger partial charge >= 0.3 is 5.97 Å². The molecule has 114 valence electrons. The smallest absolute Gasteiger partial charge is 0.349 e. The molecule has 0 unspecified atom stereocenters. The van der Waals surface area contributed by atoms with Gasteiger partial charge in [0, 0.05) is 0 Å². The highest BCUT2D eigenvalue weighted by Crippen LogP contribution is 2.30. The van der Waals surface area contributed by atoms with Gasteiger partial charge in [-0.2, -0.15) is 0 Å². The highest BCUT2D eigenvalue weighted by atomic mass is 35.5. The van der Waals surface area contributed by atoms with Gasteiger partial charge in [-0.25, -0.2) is 4.79 Å².